The Balaban J connectivity index is 0.000000367. The van der Waals surface area contributed by atoms with Gasteiger partial charge in [0.1, 0.15) is 6.54 Å². The zero-order valence-electron chi connectivity index (χ0n) is 19.1. The third-order valence-electron chi connectivity index (χ3n) is 5.19. The van der Waals surface area contributed by atoms with Crippen LogP contribution in [0.2, 0.25) is 0 Å². The van der Waals surface area contributed by atoms with Crippen molar-refractivity contribution >= 4 is 79.3 Å². The molecule has 1 unspecified atom stereocenters. The van der Waals surface area contributed by atoms with Gasteiger partial charge in [-0.15, -0.1) is 11.3 Å². The van der Waals surface area contributed by atoms with E-state index in [9.17, 15) is 19.5 Å². The van der Waals surface area contributed by atoms with Gasteiger partial charge in [-0.1, -0.05) is 22.0 Å². The molecule has 0 saturated heterocycles. The normalized spacial score (nSPS) is 18.1. The minimum atomic E-state index is -1.05. The molecule has 1 saturated carbocycles. The molecular weight excluding hydrogens is 622 g/mol. The van der Waals surface area contributed by atoms with E-state index in [1.165, 1.54) is 11.3 Å². The molecule has 192 valence electrons. The fourth-order valence-electron chi connectivity index (χ4n) is 3.33. The van der Waals surface area contributed by atoms with Gasteiger partial charge in [0.15, 0.2) is 0 Å². The Hall–Kier alpha value is -1.44. The second-order valence-electron chi connectivity index (χ2n) is 8.03. The van der Waals surface area contributed by atoms with E-state index in [1.807, 2.05) is 29.6 Å². The number of hydrogen-bond donors (Lipinski definition) is 6. The van der Waals surface area contributed by atoms with E-state index in [1.54, 1.807) is 6.92 Å². The van der Waals surface area contributed by atoms with Crippen molar-refractivity contribution in [3.8, 4) is 0 Å². The summed E-state index contributed by atoms with van der Waals surface area (Å²) < 4.78 is 1.81. The van der Waals surface area contributed by atoms with Gasteiger partial charge in [-0.25, -0.2) is 0 Å². The number of aliphatic hydroxyl groups excluding tert-OH is 1. The molecule has 0 spiro atoms. The Morgan fingerprint density at radius 1 is 1.20 bits per heavy atom. The van der Waals surface area contributed by atoms with Crippen molar-refractivity contribution in [3.63, 3.8) is 0 Å². The molecule has 2 aromatic rings. The lowest BCUT2D eigenvalue weighted by atomic mass is 9.93. The summed E-state index contributed by atoms with van der Waals surface area (Å²) in [7, 11) is 0. The van der Waals surface area contributed by atoms with E-state index in [0.717, 1.165) is 45.9 Å². The van der Waals surface area contributed by atoms with Crippen LogP contribution in [0.25, 0.3) is 0 Å². The minimum Gasteiger partial charge on any atom is -0.480 e. The average molecular weight is 651 g/mol. The molecule has 0 aliphatic heterocycles. The smallest absolute Gasteiger partial charge is 0.322 e. The quantitative estimate of drug-likeness (QED) is 0.235. The largest absolute Gasteiger partial charge is 0.480 e. The van der Waals surface area contributed by atoms with Crippen molar-refractivity contribution in [1.82, 2.24) is 10.6 Å². The lowest BCUT2D eigenvalue weighted by Gasteiger charge is -2.27. The van der Waals surface area contributed by atoms with Gasteiger partial charge in [0.25, 0.3) is 5.91 Å². The molecule has 5 N–H and O–H groups in total. The molecule has 0 radical (unpaired) electrons. The standard InChI is InChI=1S/C18H20Br2N2O2S.C5H9NO3S/c19-12-8-11(10-21-13-3-5-14(23)6-4-13)17(15(20)9-12)22-18(24)16-2-1-7-25-16;1-3(10)5(9)6-2-4(7)8/h1-2,7-9,13-14,21,23H,3-6,10H2,(H,22,24);3,10H,2H2,1H3,(H,6,9)(H,7,8). The zero-order valence-corrected chi connectivity index (χ0v) is 24.0. The van der Waals surface area contributed by atoms with Crippen LogP contribution < -0.4 is 16.0 Å². The molecule has 0 bridgehead atoms. The maximum absolute atomic E-state index is 12.4. The van der Waals surface area contributed by atoms with Crippen LogP contribution in [0.5, 0.6) is 0 Å². The van der Waals surface area contributed by atoms with Crippen molar-refractivity contribution < 1.29 is 24.6 Å². The number of carbonyl (C=O) groups excluding carboxylic acids is 2. The van der Waals surface area contributed by atoms with Gasteiger partial charge in [-0.05, 0) is 77.7 Å². The summed E-state index contributed by atoms with van der Waals surface area (Å²) >= 11 is 12.3. The summed E-state index contributed by atoms with van der Waals surface area (Å²) in [4.78, 5) is 33.6. The highest BCUT2D eigenvalue weighted by Gasteiger charge is 2.20. The first-order valence-electron chi connectivity index (χ1n) is 11.0. The molecular formula is C23H29Br2N3O5S2. The van der Waals surface area contributed by atoms with Gasteiger partial charge in [-0.2, -0.15) is 12.6 Å². The molecule has 1 aromatic carbocycles. The highest BCUT2D eigenvalue weighted by molar-refractivity contribution is 9.11. The zero-order chi connectivity index (χ0) is 26.0. The predicted molar refractivity (Wildman–Crippen MR) is 148 cm³/mol. The monoisotopic (exact) mass is 649 g/mol. The number of benzene rings is 1. The van der Waals surface area contributed by atoms with Crippen LogP contribution in [0.3, 0.4) is 0 Å². The van der Waals surface area contributed by atoms with Crippen molar-refractivity contribution in [2.45, 2.75) is 56.5 Å². The molecule has 1 atom stereocenters. The third-order valence-corrected chi connectivity index (χ3v) is 7.38. The number of rotatable bonds is 8. The van der Waals surface area contributed by atoms with Crippen molar-refractivity contribution in [2.75, 3.05) is 11.9 Å². The van der Waals surface area contributed by atoms with Gasteiger partial charge in [0, 0.05) is 21.5 Å². The van der Waals surface area contributed by atoms with Crippen molar-refractivity contribution in [1.29, 1.82) is 0 Å². The van der Waals surface area contributed by atoms with Gasteiger partial charge in [-0.3, -0.25) is 14.4 Å². The molecule has 12 heteroatoms. The number of aliphatic carboxylic acids is 1. The molecule has 35 heavy (non-hydrogen) atoms. The number of aliphatic hydroxyl groups is 1. The van der Waals surface area contributed by atoms with Crippen molar-refractivity contribution in [2.24, 2.45) is 0 Å². The lowest BCUT2D eigenvalue weighted by molar-refractivity contribution is -0.137. The van der Waals surface area contributed by atoms with Gasteiger partial charge >= 0.3 is 5.97 Å². The highest BCUT2D eigenvalue weighted by Crippen LogP contribution is 2.32. The number of carbonyl (C=O) groups is 3. The molecule has 1 fully saturated rings. The Morgan fingerprint density at radius 3 is 2.46 bits per heavy atom. The summed E-state index contributed by atoms with van der Waals surface area (Å²) in [5.74, 6) is -1.52. The molecule has 3 rings (SSSR count). The minimum absolute atomic E-state index is 0.0972. The fraction of sp³-hybridized carbons (Fsp3) is 0.435. The molecule has 8 nitrogen and oxygen atoms in total. The van der Waals surface area contributed by atoms with E-state index in [-0.39, 0.29) is 24.5 Å². The second kappa shape index (κ2) is 15.0. The summed E-state index contributed by atoms with van der Waals surface area (Å²) in [6, 6.07) is 8.06. The number of anilines is 1. The van der Waals surface area contributed by atoms with E-state index in [2.05, 4.69) is 60.4 Å². The molecule has 1 aliphatic carbocycles. The highest BCUT2D eigenvalue weighted by atomic mass is 79.9. The summed E-state index contributed by atoms with van der Waals surface area (Å²) in [6.07, 6.45) is 3.50. The van der Waals surface area contributed by atoms with Crippen LogP contribution in [0.15, 0.2) is 38.6 Å². The summed E-state index contributed by atoms with van der Waals surface area (Å²) in [6.45, 7) is 1.89. The van der Waals surface area contributed by atoms with Crippen LogP contribution >= 0.6 is 55.8 Å². The van der Waals surface area contributed by atoms with E-state index >= 15 is 0 Å². The molecule has 2 amide bonds. The first-order valence-corrected chi connectivity index (χ1v) is 14.0. The van der Waals surface area contributed by atoms with Crippen molar-refractivity contribution in [3.05, 3.63) is 49.0 Å². The summed E-state index contributed by atoms with van der Waals surface area (Å²) in [5.41, 5.74) is 1.82. The molecule has 1 aromatic heterocycles. The Labute approximate surface area is 230 Å². The van der Waals surface area contributed by atoms with E-state index in [0.29, 0.717) is 17.5 Å². The number of thiol groups is 1. The van der Waals surface area contributed by atoms with Crippen LogP contribution in [0, 0.1) is 0 Å². The first kappa shape index (κ1) is 29.8. The Morgan fingerprint density at radius 2 is 1.89 bits per heavy atom. The fourth-order valence-corrected chi connectivity index (χ4v) is 5.46. The number of carboxylic acids is 1. The first-order chi connectivity index (χ1) is 16.6. The topological polar surface area (TPSA) is 128 Å². The maximum atomic E-state index is 12.4. The third kappa shape index (κ3) is 10.6. The number of nitrogens with one attached hydrogen (secondary N) is 3. The second-order valence-corrected chi connectivity index (χ2v) is 11.5. The van der Waals surface area contributed by atoms with E-state index in [4.69, 9.17) is 5.11 Å². The van der Waals surface area contributed by atoms with Gasteiger partial charge in [0.05, 0.1) is 21.9 Å². The average Bonchev–Trinajstić information content (AvgIpc) is 3.34. The molecule has 1 aliphatic rings. The maximum Gasteiger partial charge on any atom is 0.322 e. The predicted octanol–water partition coefficient (Wildman–Crippen LogP) is 4.42. The number of carboxylic acid groups (broad SMARTS) is 1. The SMILES string of the molecule is CC(S)C(=O)NCC(=O)O.O=C(Nc1c(Br)cc(Br)cc1CNC1CCC(O)CC1)c1cccs1. The number of thiophene rings is 1. The lowest BCUT2D eigenvalue weighted by Crippen LogP contribution is -2.34. The van der Waals surface area contributed by atoms with Crippen LogP contribution in [-0.2, 0) is 16.1 Å². The van der Waals surface area contributed by atoms with Crippen LogP contribution in [-0.4, -0.2) is 51.9 Å². The van der Waals surface area contributed by atoms with Crippen LogP contribution in [0.4, 0.5) is 5.69 Å². The Bertz CT molecular complexity index is 997. The van der Waals surface area contributed by atoms with Gasteiger partial charge in [0.2, 0.25) is 5.91 Å². The summed E-state index contributed by atoms with van der Waals surface area (Å²) in [5, 5.41) is 27.9. The van der Waals surface area contributed by atoms with Gasteiger partial charge < -0.3 is 26.2 Å². The number of amides is 2. The molecule has 1 heterocycles. The Kier molecular flexibility index (Phi) is 12.7. The van der Waals surface area contributed by atoms with Crippen LogP contribution in [0.1, 0.15) is 47.8 Å². The number of hydrogen-bond acceptors (Lipinski definition) is 7. The number of halogens is 2. The van der Waals surface area contributed by atoms with E-state index < -0.39 is 11.2 Å².